The van der Waals surface area contributed by atoms with Gasteiger partial charge in [0, 0.05) is 19.0 Å². The number of rotatable bonds is 9. The Labute approximate surface area is 223 Å². The van der Waals surface area contributed by atoms with Crippen molar-refractivity contribution in [1.29, 1.82) is 0 Å². The summed E-state index contributed by atoms with van der Waals surface area (Å²) in [6, 6.07) is 20.7. The van der Waals surface area contributed by atoms with Crippen LogP contribution in [0.25, 0.3) is 22.0 Å². The molecule has 2 aliphatic heterocycles. The summed E-state index contributed by atoms with van der Waals surface area (Å²) in [4.78, 5) is 0. The first-order chi connectivity index (χ1) is 17.8. The molecule has 0 amide bonds. The molecule has 192 valence electrons. The minimum absolute atomic E-state index is 0. The minimum atomic E-state index is 0. The van der Waals surface area contributed by atoms with Crippen molar-refractivity contribution in [2.24, 2.45) is 0 Å². The van der Waals surface area contributed by atoms with Crippen LogP contribution in [0.1, 0.15) is 24.8 Å². The van der Waals surface area contributed by atoms with Gasteiger partial charge in [-0.15, -0.1) is 0 Å². The molecule has 0 saturated carbocycles. The Morgan fingerprint density at radius 1 is 0.946 bits per heavy atom. The molecule has 0 saturated heterocycles. The molecule has 1 N–H and O–H groups in total. The van der Waals surface area contributed by atoms with Gasteiger partial charge in [0.05, 0.1) is 30.4 Å². The van der Waals surface area contributed by atoms with Gasteiger partial charge in [0.15, 0.2) is 24.2 Å². The summed E-state index contributed by atoms with van der Waals surface area (Å²) < 4.78 is 25.1. The molecule has 1 aromatic heterocycles. The van der Waals surface area contributed by atoms with Crippen LogP contribution in [-0.4, -0.2) is 27.1 Å². The Balaban J connectivity index is 0.00000280. The van der Waals surface area contributed by atoms with Crippen molar-refractivity contribution in [2.45, 2.75) is 32.2 Å². The summed E-state index contributed by atoms with van der Waals surface area (Å²) in [5.74, 6) is 3.49. The van der Waals surface area contributed by atoms with Gasteiger partial charge in [-0.1, -0.05) is 24.3 Å². The standard InChI is InChI=1S/C30H30N2O4.ClH/c1-33-27-11-10-21-16-26-24-18-29-28(35-20-36-29)17-22(24)12-14-32(26)19-25(21)30(27)31-13-6-3-7-15-34-23-8-4-2-5-9-23;/h2,4-5,8-11,16-19H,3,6-7,12-15,20H2,1H3;1H. The normalized spacial score (nSPS) is 12.9. The fraction of sp³-hybridized carbons (Fsp3) is 0.300. The quantitative estimate of drug-likeness (QED) is 0.273. The van der Waals surface area contributed by atoms with Gasteiger partial charge in [-0.25, -0.2) is 0 Å². The number of ether oxygens (including phenoxy) is 4. The van der Waals surface area contributed by atoms with Gasteiger partial charge in [-0.2, -0.15) is 4.57 Å². The van der Waals surface area contributed by atoms with Gasteiger partial charge in [0.2, 0.25) is 12.5 Å². The van der Waals surface area contributed by atoms with Crippen LogP contribution in [-0.2, 0) is 13.0 Å². The molecular formula is C30H31ClN2O4. The number of unbranched alkanes of at least 4 members (excludes halogenated alkanes) is 2. The lowest BCUT2D eigenvalue weighted by Gasteiger charge is -2.18. The molecule has 0 fully saturated rings. The fourth-order valence-corrected chi connectivity index (χ4v) is 5.10. The summed E-state index contributed by atoms with van der Waals surface area (Å²) in [5, 5.41) is 6.02. The van der Waals surface area contributed by atoms with Crippen molar-refractivity contribution in [3.8, 4) is 34.3 Å². The lowest BCUT2D eigenvalue weighted by molar-refractivity contribution is -0.686. The van der Waals surface area contributed by atoms with Crippen LogP contribution in [0.5, 0.6) is 23.0 Å². The zero-order chi connectivity index (χ0) is 24.3. The maximum absolute atomic E-state index is 5.81. The van der Waals surface area contributed by atoms with Gasteiger partial charge in [0.25, 0.3) is 0 Å². The number of pyridine rings is 1. The molecule has 0 bridgehead atoms. The highest BCUT2D eigenvalue weighted by atomic mass is 35.5. The highest BCUT2D eigenvalue weighted by Crippen LogP contribution is 2.41. The topological polar surface area (TPSA) is 52.8 Å². The first kappa shape index (κ1) is 25.0. The number of fused-ring (bicyclic) bond motifs is 5. The first-order valence-electron chi connectivity index (χ1n) is 12.7. The van der Waals surface area contributed by atoms with E-state index in [4.69, 9.17) is 18.9 Å². The molecule has 4 aromatic rings. The molecule has 0 atom stereocenters. The molecule has 0 unspecified atom stereocenters. The number of halogens is 1. The van der Waals surface area contributed by atoms with Crippen LogP contribution < -0.4 is 41.2 Å². The SMILES string of the molecule is COc1ccc2cc3[n+](cc2c1NCCCCCOc1ccccc1)CCc1cc2c(cc1-3)OCO2.[Cl-]. The number of hydrogen-bond acceptors (Lipinski definition) is 5. The molecule has 3 heterocycles. The Bertz CT molecular complexity index is 1390. The number of methoxy groups -OCH3 is 1. The second-order valence-electron chi connectivity index (χ2n) is 9.26. The summed E-state index contributed by atoms with van der Waals surface area (Å²) in [5.41, 5.74) is 4.79. The van der Waals surface area contributed by atoms with Crippen LogP contribution in [0.3, 0.4) is 0 Å². The van der Waals surface area contributed by atoms with E-state index >= 15 is 0 Å². The van der Waals surface area contributed by atoms with E-state index in [2.05, 4.69) is 46.4 Å². The smallest absolute Gasteiger partial charge is 0.231 e. The van der Waals surface area contributed by atoms with E-state index in [0.29, 0.717) is 6.79 Å². The number of benzene rings is 3. The average Bonchev–Trinajstić information content (AvgIpc) is 3.38. The Morgan fingerprint density at radius 3 is 2.62 bits per heavy atom. The first-order valence-corrected chi connectivity index (χ1v) is 12.7. The monoisotopic (exact) mass is 518 g/mol. The zero-order valence-corrected chi connectivity index (χ0v) is 21.7. The predicted molar refractivity (Wildman–Crippen MR) is 140 cm³/mol. The van der Waals surface area contributed by atoms with Crippen molar-refractivity contribution < 1.29 is 35.9 Å². The highest BCUT2D eigenvalue weighted by Gasteiger charge is 2.28. The number of nitrogens with zero attached hydrogens (tertiary/aromatic N) is 1. The molecule has 0 aliphatic carbocycles. The molecule has 0 radical (unpaired) electrons. The summed E-state index contributed by atoms with van der Waals surface area (Å²) in [6.07, 6.45) is 6.43. The number of aromatic nitrogens is 1. The van der Waals surface area contributed by atoms with Crippen molar-refractivity contribution >= 4 is 16.5 Å². The van der Waals surface area contributed by atoms with Gasteiger partial charge >= 0.3 is 0 Å². The van der Waals surface area contributed by atoms with Crippen LogP contribution >= 0.6 is 0 Å². The maximum atomic E-state index is 5.81. The van der Waals surface area contributed by atoms with E-state index in [1.54, 1.807) is 7.11 Å². The number of aryl methyl sites for hydroxylation is 2. The van der Waals surface area contributed by atoms with E-state index in [1.165, 1.54) is 27.6 Å². The molecule has 3 aromatic carbocycles. The van der Waals surface area contributed by atoms with Crippen LogP contribution in [0.15, 0.2) is 66.9 Å². The fourth-order valence-electron chi connectivity index (χ4n) is 5.10. The molecule has 6 nitrogen and oxygen atoms in total. The summed E-state index contributed by atoms with van der Waals surface area (Å²) >= 11 is 0. The number of para-hydroxylation sites is 1. The van der Waals surface area contributed by atoms with E-state index in [-0.39, 0.29) is 12.4 Å². The summed E-state index contributed by atoms with van der Waals surface area (Å²) in [6.45, 7) is 2.85. The number of nitrogens with one attached hydrogen (secondary N) is 1. The minimum Gasteiger partial charge on any atom is -1.00 e. The van der Waals surface area contributed by atoms with Gasteiger partial charge in [0.1, 0.15) is 11.5 Å². The third kappa shape index (κ3) is 5.12. The van der Waals surface area contributed by atoms with Crippen LogP contribution in [0.2, 0.25) is 0 Å². The third-order valence-corrected chi connectivity index (χ3v) is 6.98. The molecular weight excluding hydrogens is 488 g/mol. The Hall–Kier alpha value is -3.64. The Morgan fingerprint density at radius 2 is 1.78 bits per heavy atom. The Kier molecular flexibility index (Phi) is 7.56. The lowest BCUT2D eigenvalue weighted by atomic mass is 9.95. The second kappa shape index (κ2) is 11.2. The van der Waals surface area contributed by atoms with E-state index in [9.17, 15) is 0 Å². The van der Waals surface area contributed by atoms with Crippen molar-refractivity contribution in [2.75, 3.05) is 32.4 Å². The molecule has 37 heavy (non-hydrogen) atoms. The largest absolute Gasteiger partial charge is 1.00 e. The number of anilines is 1. The average molecular weight is 519 g/mol. The zero-order valence-electron chi connectivity index (χ0n) is 21.0. The molecule has 0 spiro atoms. The third-order valence-electron chi connectivity index (χ3n) is 6.98. The van der Waals surface area contributed by atoms with Crippen molar-refractivity contribution in [1.82, 2.24) is 0 Å². The van der Waals surface area contributed by atoms with E-state index in [0.717, 1.165) is 74.1 Å². The van der Waals surface area contributed by atoms with E-state index < -0.39 is 0 Å². The second-order valence-corrected chi connectivity index (χ2v) is 9.26. The molecule has 7 heteroatoms. The number of hydrogen-bond donors (Lipinski definition) is 1. The molecule has 2 aliphatic rings. The highest BCUT2D eigenvalue weighted by molar-refractivity contribution is 5.97. The van der Waals surface area contributed by atoms with E-state index in [1.807, 2.05) is 30.3 Å². The van der Waals surface area contributed by atoms with Gasteiger partial charge < -0.3 is 36.7 Å². The van der Waals surface area contributed by atoms with Crippen LogP contribution in [0, 0.1) is 0 Å². The van der Waals surface area contributed by atoms with Crippen molar-refractivity contribution in [3.63, 3.8) is 0 Å². The van der Waals surface area contributed by atoms with Crippen molar-refractivity contribution in [3.05, 3.63) is 72.4 Å². The summed E-state index contributed by atoms with van der Waals surface area (Å²) in [7, 11) is 1.73. The van der Waals surface area contributed by atoms with Gasteiger partial charge in [-0.05, 0) is 60.5 Å². The predicted octanol–water partition coefficient (Wildman–Crippen LogP) is 2.75. The van der Waals surface area contributed by atoms with Crippen LogP contribution in [0.4, 0.5) is 5.69 Å². The lowest BCUT2D eigenvalue weighted by Crippen LogP contribution is -3.00. The van der Waals surface area contributed by atoms with Gasteiger partial charge in [-0.3, -0.25) is 0 Å². The molecule has 6 rings (SSSR count). The maximum Gasteiger partial charge on any atom is 0.231 e.